The zero-order valence-electron chi connectivity index (χ0n) is 27.0. The van der Waals surface area contributed by atoms with Crippen molar-refractivity contribution in [3.05, 3.63) is 144 Å². The van der Waals surface area contributed by atoms with Crippen LogP contribution in [-0.2, 0) is 15.1 Å². The summed E-state index contributed by atoms with van der Waals surface area (Å²) in [4.78, 5) is 26.0. The summed E-state index contributed by atoms with van der Waals surface area (Å²) in [5.74, 6) is 1.05. The fourth-order valence-corrected chi connectivity index (χ4v) is 6.44. The number of hydrogen-bond acceptors (Lipinski definition) is 9. The summed E-state index contributed by atoms with van der Waals surface area (Å²) in [7, 11) is 3.22. The summed E-state index contributed by atoms with van der Waals surface area (Å²) in [6, 6.07) is 34.4. The fraction of sp³-hybridized carbons (Fsp3) is 0.211. The number of para-hydroxylation sites is 1. The molecule has 0 spiro atoms. The Balaban J connectivity index is 1.20. The van der Waals surface area contributed by atoms with Gasteiger partial charge in [-0.3, -0.25) is 9.36 Å². The number of benzene rings is 4. The molecular weight excluding hydrogens is 622 g/mol. The van der Waals surface area contributed by atoms with Crippen LogP contribution in [0.3, 0.4) is 0 Å². The first-order valence-electron chi connectivity index (χ1n) is 15.9. The highest BCUT2D eigenvalue weighted by molar-refractivity contribution is 6.06. The highest BCUT2D eigenvalue weighted by Crippen LogP contribution is 2.48. The molecule has 49 heavy (non-hydrogen) atoms. The molecule has 1 saturated heterocycles. The van der Waals surface area contributed by atoms with Gasteiger partial charge in [0.05, 0.1) is 33.3 Å². The van der Waals surface area contributed by atoms with E-state index in [0.717, 1.165) is 16.7 Å². The number of anilines is 1. The first-order chi connectivity index (χ1) is 24.0. The molecule has 248 valence electrons. The van der Waals surface area contributed by atoms with Crippen molar-refractivity contribution in [2.45, 2.75) is 30.5 Å². The number of fused-ring (bicyclic) bond motifs is 1. The van der Waals surface area contributed by atoms with Crippen molar-refractivity contribution in [1.29, 1.82) is 0 Å². The molecule has 11 nitrogen and oxygen atoms in total. The van der Waals surface area contributed by atoms with Crippen molar-refractivity contribution in [3.8, 4) is 11.5 Å². The second kappa shape index (κ2) is 13.9. The topological polar surface area (TPSA) is 130 Å². The van der Waals surface area contributed by atoms with Gasteiger partial charge in [0, 0.05) is 17.5 Å². The maximum absolute atomic E-state index is 12.9. The van der Waals surface area contributed by atoms with E-state index in [1.54, 1.807) is 43.1 Å². The van der Waals surface area contributed by atoms with Crippen LogP contribution >= 0.6 is 0 Å². The van der Waals surface area contributed by atoms with E-state index in [9.17, 15) is 9.90 Å². The molecule has 2 N–H and O–H groups in total. The minimum Gasteiger partial charge on any atom is -0.493 e. The Kier molecular flexibility index (Phi) is 9.03. The molecule has 0 radical (unpaired) electrons. The molecule has 0 aliphatic carbocycles. The summed E-state index contributed by atoms with van der Waals surface area (Å²) in [6.45, 7) is 0.123. The van der Waals surface area contributed by atoms with E-state index in [2.05, 4.69) is 20.3 Å². The van der Waals surface area contributed by atoms with Crippen LogP contribution in [0.15, 0.2) is 122 Å². The van der Waals surface area contributed by atoms with Gasteiger partial charge in [0.25, 0.3) is 5.91 Å². The second-order valence-electron chi connectivity index (χ2n) is 11.6. The molecule has 4 aromatic carbocycles. The van der Waals surface area contributed by atoms with E-state index in [-0.39, 0.29) is 18.3 Å². The molecule has 0 saturated carbocycles. The molecule has 0 bridgehead atoms. The number of ether oxygens (including phenoxy) is 4. The van der Waals surface area contributed by atoms with Gasteiger partial charge in [-0.1, -0.05) is 91.0 Å². The smallest absolute Gasteiger partial charge is 0.256 e. The first-order valence-corrected chi connectivity index (χ1v) is 15.9. The number of aromatic nitrogens is 4. The van der Waals surface area contributed by atoms with Gasteiger partial charge in [0.15, 0.2) is 34.7 Å². The molecule has 0 unspecified atom stereocenters. The molecule has 2 aromatic heterocycles. The lowest BCUT2D eigenvalue weighted by Gasteiger charge is -2.37. The summed E-state index contributed by atoms with van der Waals surface area (Å²) in [6.07, 6.45) is 0.979. The van der Waals surface area contributed by atoms with Crippen LogP contribution in [0.25, 0.3) is 11.2 Å². The summed E-state index contributed by atoms with van der Waals surface area (Å²) < 4.78 is 26.8. The Bertz CT molecular complexity index is 2000. The largest absolute Gasteiger partial charge is 0.493 e. The van der Waals surface area contributed by atoms with E-state index in [1.807, 2.05) is 84.9 Å². The highest BCUT2D eigenvalue weighted by atomic mass is 16.6. The van der Waals surface area contributed by atoms with E-state index >= 15 is 0 Å². The minimum atomic E-state index is -1.13. The predicted molar refractivity (Wildman–Crippen MR) is 183 cm³/mol. The molecule has 1 aliphatic rings. The Labute approximate surface area is 283 Å². The molecule has 1 amide bonds. The van der Waals surface area contributed by atoms with Crippen LogP contribution in [0.2, 0.25) is 0 Å². The van der Waals surface area contributed by atoms with Crippen molar-refractivity contribution < 1.29 is 28.8 Å². The molecule has 1 fully saturated rings. The number of hydrogen-bond donors (Lipinski definition) is 2. The number of carbonyl (C=O) groups excluding carboxylic acids is 1. The first kappa shape index (κ1) is 32.0. The van der Waals surface area contributed by atoms with E-state index in [1.165, 1.54) is 12.7 Å². The average Bonchev–Trinajstić information content (AvgIpc) is 3.76. The summed E-state index contributed by atoms with van der Waals surface area (Å²) >= 11 is 0. The number of amides is 1. The van der Waals surface area contributed by atoms with Crippen molar-refractivity contribution in [1.82, 2.24) is 19.5 Å². The Morgan fingerprint density at radius 1 is 0.878 bits per heavy atom. The van der Waals surface area contributed by atoms with Crippen molar-refractivity contribution in [3.63, 3.8) is 0 Å². The molecule has 11 heteroatoms. The normalized spacial score (nSPS) is 17.6. The molecule has 3 heterocycles. The number of aliphatic hydroxyl groups is 1. The van der Waals surface area contributed by atoms with Gasteiger partial charge in [0.2, 0.25) is 0 Å². The number of rotatable bonds is 11. The van der Waals surface area contributed by atoms with Gasteiger partial charge >= 0.3 is 0 Å². The lowest BCUT2D eigenvalue weighted by atomic mass is 9.79. The highest BCUT2D eigenvalue weighted by Gasteiger charge is 2.44. The third-order valence-corrected chi connectivity index (χ3v) is 8.69. The number of aliphatic hydroxyl groups excluding tert-OH is 1. The van der Waals surface area contributed by atoms with Gasteiger partial charge in [-0.15, -0.1) is 0 Å². The third-order valence-electron chi connectivity index (χ3n) is 8.69. The monoisotopic (exact) mass is 657 g/mol. The molecule has 6 aromatic rings. The van der Waals surface area contributed by atoms with E-state index < -0.39 is 24.0 Å². The van der Waals surface area contributed by atoms with Crippen LogP contribution in [0.4, 0.5) is 5.82 Å². The third kappa shape index (κ3) is 5.99. The van der Waals surface area contributed by atoms with Gasteiger partial charge in [-0.25, -0.2) is 15.0 Å². The maximum atomic E-state index is 12.9. The second-order valence-corrected chi connectivity index (χ2v) is 11.6. The van der Waals surface area contributed by atoms with Gasteiger partial charge in [0.1, 0.15) is 18.0 Å². The Morgan fingerprint density at radius 2 is 1.55 bits per heavy atom. The zero-order valence-corrected chi connectivity index (χ0v) is 27.0. The predicted octanol–water partition coefficient (Wildman–Crippen LogP) is 5.75. The SMILES string of the molecule is COc1cccc(C(OC[C@@H]2C[C@@H](O)[C@H](n3cnc4c(NC(=O)c5ccccc5)ncnc43)O2)(c2ccccc2)c2ccccc2)c1OC. The standard InChI is InChI=1S/C38H35N5O6/c1-46-31-20-12-19-29(33(31)47-2)38(26-15-8-4-9-16-26,27-17-10-5-11-18-27)48-22-28-21-30(44)37(49-28)43-24-41-32-34(39-23-40-35(32)43)42-36(45)25-13-6-3-7-14-25/h3-20,23-24,28,30,37,44H,21-22H2,1-2H3,(H,39,40,42,45)/t28-,30+,37+/m0/s1. The van der Waals surface area contributed by atoms with Gasteiger partial charge in [-0.2, -0.15) is 0 Å². The Morgan fingerprint density at radius 3 is 2.20 bits per heavy atom. The molecule has 7 rings (SSSR count). The van der Waals surface area contributed by atoms with Crippen LogP contribution in [0.5, 0.6) is 11.5 Å². The van der Waals surface area contributed by atoms with Crippen LogP contribution < -0.4 is 14.8 Å². The fourth-order valence-electron chi connectivity index (χ4n) is 6.44. The Hall–Kier alpha value is -5.62. The number of methoxy groups -OCH3 is 2. The zero-order chi connectivity index (χ0) is 33.8. The van der Waals surface area contributed by atoms with E-state index in [0.29, 0.717) is 34.6 Å². The van der Waals surface area contributed by atoms with Gasteiger partial charge in [-0.05, 0) is 29.3 Å². The van der Waals surface area contributed by atoms with Crippen molar-refractivity contribution in [2.24, 2.45) is 0 Å². The van der Waals surface area contributed by atoms with Gasteiger partial charge < -0.3 is 29.4 Å². The number of nitrogens with zero attached hydrogens (tertiary/aromatic N) is 4. The molecule has 1 aliphatic heterocycles. The average molecular weight is 658 g/mol. The number of imidazole rings is 1. The van der Waals surface area contributed by atoms with Crippen LogP contribution in [0, 0.1) is 0 Å². The lowest BCUT2D eigenvalue weighted by Crippen LogP contribution is -2.36. The molecule has 3 atom stereocenters. The van der Waals surface area contributed by atoms with Crippen LogP contribution in [0.1, 0.15) is 39.7 Å². The lowest BCUT2D eigenvalue weighted by molar-refractivity contribution is -0.0855. The summed E-state index contributed by atoms with van der Waals surface area (Å²) in [5, 5.41) is 14.1. The number of nitrogens with one attached hydrogen (secondary N) is 1. The van der Waals surface area contributed by atoms with Crippen molar-refractivity contribution >= 4 is 22.9 Å². The number of carbonyl (C=O) groups is 1. The quantitative estimate of drug-likeness (QED) is 0.167. The van der Waals surface area contributed by atoms with Crippen molar-refractivity contribution in [2.75, 3.05) is 26.1 Å². The molecular formula is C38H35N5O6. The van der Waals surface area contributed by atoms with E-state index in [4.69, 9.17) is 18.9 Å². The maximum Gasteiger partial charge on any atom is 0.256 e. The minimum absolute atomic E-state index is 0.123. The van der Waals surface area contributed by atoms with Crippen LogP contribution in [-0.4, -0.2) is 63.6 Å². The summed E-state index contributed by atoms with van der Waals surface area (Å²) in [5.41, 5.74) is 2.65.